The lowest BCUT2D eigenvalue weighted by Gasteiger charge is -2.28. The molecular weight excluding hydrogens is 679 g/mol. The van der Waals surface area contributed by atoms with Gasteiger partial charge in [-0.3, -0.25) is 0 Å². The molecule has 0 aliphatic rings. The van der Waals surface area contributed by atoms with Crippen LogP contribution in [0.4, 0.5) is 17.1 Å². The van der Waals surface area contributed by atoms with E-state index in [9.17, 15) is 0 Å². The van der Waals surface area contributed by atoms with Gasteiger partial charge in [0.25, 0.3) is 0 Å². The summed E-state index contributed by atoms with van der Waals surface area (Å²) in [6.07, 6.45) is 0. The molecule has 2 heteroatoms. The van der Waals surface area contributed by atoms with E-state index in [4.69, 9.17) is 4.42 Å². The molecule has 0 radical (unpaired) electrons. The maximum Gasteiger partial charge on any atom is 0.143 e. The number of rotatable bonds is 6. The van der Waals surface area contributed by atoms with Gasteiger partial charge in [-0.1, -0.05) is 176 Å². The van der Waals surface area contributed by atoms with Crippen molar-refractivity contribution >= 4 is 71.3 Å². The highest BCUT2D eigenvalue weighted by molar-refractivity contribution is 6.18. The summed E-state index contributed by atoms with van der Waals surface area (Å²) in [6.45, 7) is 0. The number of anilines is 3. The smallest absolute Gasteiger partial charge is 0.143 e. The Kier molecular flexibility index (Phi) is 7.53. The first kappa shape index (κ1) is 32.0. The predicted octanol–water partition coefficient (Wildman–Crippen LogP) is 15.5. The molecule has 1 heterocycles. The van der Waals surface area contributed by atoms with E-state index in [1.54, 1.807) is 0 Å². The molecular formula is C54H35NO. The van der Waals surface area contributed by atoms with Crippen molar-refractivity contribution in [2.45, 2.75) is 0 Å². The Morgan fingerprint density at radius 2 is 0.786 bits per heavy atom. The molecule has 0 amide bonds. The molecule has 262 valence electrons. The maximum atomic E-state index is 6.87. The van der Waals surface area contributed by atoms with Crippen LogP contribution < -0.4 is 4.90 Å². The Labute approximate surface area is 325 Å². The largest absolute Gasteiger partial charge is 0.455 e. The standard InChI is InChI=1S/C54H35NO/c1-2-12-36(13-3-1)37-24-30-41(31-25-37)55(42-32-26-40(27-33-42)44-19-10-20-46-43-16-6-4-14-38(43)28-34-47(44)46)52-23-9-8-18-48(52)49-21-11-22-50-51-35-29-39-15-5-7-17-45(39)53(51)56-54(49)50/h1-35H. The molecule has 2 nitrogen and oxygen atoms in total. The molecule has 56 heavy (non-hydrogen) atoms. The van der Waals surface area contributed by atoms with Gasteiger partial charge in [-0.25, -0.2) is 0 Å². The lowest BCUT2D eigenvalue weighted by molar-refractivity contribution is 0.674. The SMILES string of the molecule is c1ccc(-c2ccc(N(c3ccc(-c4cccc5c4ccc4ccccc45)cc3)c3ccccc3-c3cccc4c3oc3c5ccccc5ccc43)cc2)cc1. The van der Waals surface area contributed by atoms with Crippen molar-refractivity contribution in [3.63, 3.8) is 0 Å². The maximum absolute atomic E-state index is 6.87. The zero-order valence-corrected chi connectivity index (χ0v) is 30.6. The number of fused-ring (bicyclic) bond motifs is 8. The molecule has 0 saturated heterocycles. The summed E-state index contributed by atoms with van der Waals surface area (Å²) in [6, 6.07) is 76.3. The Hall–Kier alpha value is -7.42. The molecule has 0 atom stereocenters. The van der Waals surface area contributed by atoms with Crippen LogP contribution in [0.5, 0.6) is 0 Å². The minimum atomic E-state index is 0.893. The normalized spacial score (nSPS) is 11.6. The molecule has 0 bridgehead atoms. The van der Waals surface area contributed by atoms with E-state index < -0.39 is 0 Å². The fraction of sp³-hybridized carbons (Fsp3) is 0. The van der Waals surface area contributed by atoms with E-state index in [1.807, 2.05) is 0 Å². The zero-order chi connectivity index (χ0) is 37.0. The van der Waals surface area contributed by atoms with Gasteiger partial charge < -0.3 is 9.32 Å². The Bertz CT molecular complexity index is 3230. The van der Waals surface area contributed by atoms with Crippen LogP contribution in [-0.4, -0.2) is 0 Å². The minimum Gasteiger partial charge on any atom is -0.455 e. The van der Waals surface area contributed by atoms with Crippen molar-refractivity contribution in [3.05, 3.63) is 212 Å². The highest BCUT2D eigenvalue weighted by atomic mass is 16.3. The van der Waals surface area contributed by atoms with Crippen LogP contribution >= 0.6 is 0 Å². The summed E-state index contributed by atoms with van der Waals surface area (Å²) in [5.74, 6) is 0. The summed E-state index contributed by atoms with van der Waals surface area (Å²) < 4.78 is 6.87. The Morgan fingerprint density at radius 3 is 1.55 bits per heavy atom. The van der Waals surface area contributed by atoms with Crippen molar-refractivity contribution in [2.24, 2.45) is 0 Å². The average molecular weight is 714 g/mol. The molecule has 0 aliphatic carbocycles. The monoisotopic (exact) mass is 713 g/mol. The molecule has 0 aliphatic heterocycles. The first-order valence-electron chi connectivity index (χ1n) is 19.2. The number of furan rings is 1. The fourth-order valence-electron chi connectivity index (χ4n) is 8.58. The topological polar surface area (TPSA) is 16.4 Å². The third-order valence-electron chi connectivity index (χ3n) is 11.3. The quantitative estimate of drug-likeness (QED) is 0.160. The lowest BCUT2D eigenvalue weighted by Crippen LogP contribution is -2.11. The first-order valence-corrected chi connectivity index (χ1v) is 19.2. The number of hydrogen-bond acceptors (Lipinski definition) is 2. The van der Waals surface area contributed by atoms with Gasteiger partial charge >= 0.3 is 0 Å². The van der Waals surface area contributed by atoms with Crippen LogP contribution in [0.2, 0.25) is 0 Å². The van der Waals surface area contributed by atoms with Gasteiger partial charge in [-0.2, -0.15) is 0 Å². The van der Waals surface area contributed by atoms with Gasteiger partial charge in [-0.05, 0) is 85.6 Å². The van der Waals surface area contributed by atoms with Crippen molar-refractivity contribution in [1.82, 2.24) is 0 Å². The van der Waals surface area contributed by atoms with E-state index in [0.29, 0.717) is 0 Å². The van der Waals surface area contributed by atoms with E-state index >= 15 is 0 Å². The molecule has 1 aromatic heterocycles. The van der Waals surface area contributed by atoms with E-state index in [0.717, 1.165) is 55.5 Å². The van der Waals surface area contributed by atoms with Gasteiger partial charge in [0.2, 0.25) is 0 Å². The third kappa shape index (κ3) is 5.26. The molecule has 0 unspecified atom stereocenters. The highest BCUT2D eigenvalue weighted by Gasteiger charge is 2.21. The van der Waals surface area contributed by atoms with Gasteiger partial charge in [0.15, 0.2) is 0 Å². The van der Waals surface area contributed by atoms with Crippen LogP contribution in [0.15, 0.2) is 217 Å². The van der Waals surface area contributed by atoms with Crippen LogP contribution in [0.25, 0.3) is 87.6 Å². The van der Waals surface area contributed by atoms with Gasteiger partial charge in [-0.15, -0.1) is 0 Å². The molecule has 0 N–H and O–H groups in total. The second kappa shape index (κ2) is 13.2. The van der Waals surface area contributed by atoms with Gasteiger partial charge in [0.05, 0.1) is 5.69 Å². The molecule has 0 saturated carbocycles. The Balaban J connectivity index is 1.08. The van der Waals surface area contributed by atoms with Crippen molar-refractivity contribution in [3.8, 4) is 33.4 Å². The second-order valence-electron chi connectivity index (χ2n) is 14.4. The second-order valence-corrected chi connectivity index (χ2v) is 14.4. The number of benzene rings is 10. The predicted molar refractivity (Wildman–Crippen MR) is 237 cm³/mol. The summed E-state index contributed by atoms with van der Waals surface area (Å²) in [4.78, 5) is 2.38. The van der Waals surface area contributed by atoms with E-state index in [1.165, 1.54) is 49.2 Å². The summed E-state index contributed by atoms with van der Waals surface area (Å²) in [5, 5.41) is 9.60. The lowest BCUT2D eigenvalue weighted by atomic mass is 9.94. The first-order chi connectivity index (χ1) is 27.8. The average Bonchev–Trinajstić information content (AvgIpc) is 3.67. The Morgan fingerprint density at radius 1 is 0.268 bits per heavy atom. The highest BCUT2D eigenvalue weighted by Crippen LogP contribution is 2.46. The molecule has 0 spiro atoms. The number of para-hydroxylation sites is 2. The van der Waals surface area contributed by atoms with Gasteiger partial charge in [0, 0.05) is 38.7 Å². The molecule has 11 aromatic rings. The minimum absolute atomic E-state index is 0.893. The zero-order valence-electron chi connectivity index (χ0n) is 30.6. The summed E-state index contributed by atoms with van der Waals surface area (Å²) in [7, 11) is 0. The number of nitrogens with zero attached hydrogens (tertiary/aromatic N) is 1. The molecule has 11 rings (SSSR count). The van der Waals surface area contributed by atoms with Crippen molar-refractivity contribution in [1.29, 1.82) is 0 Å². The fourth-order valence-corrected chi connectivity index (χ4v) is 8.58. The van der Waals surface area contributed by atoms with E-state index in [2.05, 4.69) is 217 Å². The molecule has 10 aromatic carbocycles. The van der Waals surface area contributed by atoms with Crippen LogP contribution in [0.1, 0.15) is 0 Å². The van der Waals surface area contributed by atoms with Crippen molar-refractivity contribution < 1.29 is 4.42 Å². The van der Waals surface area contributed by atoms with Crippen LogP contribution in [0, 0.1) is 0 Å². The van der Waals surface area contributed by atoms with E-state index in [-0.39, 0.29) is 0 Å². The van der Waals surface area contributed by atoms with Gasteiger partial charge in [0.1, 0.15) is 11.2 Å². The van der Waals surface area contributed by atoms with Crippen molar-refractivity contribution in [2.75, 3.05) is 4.90 Å². The number of hydrogen-bond donors (Lipinski definition) is 0. The van der Waals surface area contributed by atoms with Crippen LogP contribution in [-0.2, 0) is 0 Å². The third-order valence-corrected chi connectivity index (χ3v) is 11.3. The summed E-state index contributed by atoms with van der Waals surface area (Å²) in [5.41, 5.74) is 12.0. The van der Waals surface area contributed by atoms with Crippen LogP contribution in [0.3, 0.4) is 0 Å². The molecule has 0 fully saturated rings. The summed E-state index contributed by atoms with van der Waals surface area (Å²) >= 11 is 0.